The van der Waals surface area contributed by atoms with Gasteiger partial charge in [-0.2, -0.15) is 4.31 Å². The second-order valence-corrected chi connectivity index (χ2v) is 9.45. The van der Waals surface area contributed by atoms with Crippen molar-refractivity contribution >= 4 is 21.9 Å². The molecule has 0 saturated carbocycles. The maximum atomic E-state index is 12.9. The summed E-state index contributed by atoms with van der Waals surface area (Å²) in [6.45, 7) is 8.19. The van der Waals surface area contributed by atoms with Crippen LogP contribution in [-0.4, -0.2) is 41.7 Å². The maximum Gasteiger partial charge on any atom is 0.243 e. The average Bonchev–Trinajstić information content (AvgIpc) is 2.67. The number of hydrogen-bond donors (Lipinski definition) is 2. The molecule has 8 nitrogen and oxygen atoms in total. The molecule has 2 aromatic rings. The van der Waals surface area contributed by atoms with Crippen molar-refractivity contribution in [2.75, 3.05) is 18.5 Å². The molecule has 1 aromatic heterocycles. The zero-order valence-electron chi connectivity index (χ0n) is 17.2. The lowest BCUT2D eigenvalue weighted by Gasteiger charge is -2.30. The van der Waals surface area contributed by atoms with Crippen LogP contribution in [0, 0.1) is 33.6 Å². The van der Waals surface area contributed by atoms with E-state index in [2.05, 4.69) is 20.8 Å². The van der Waals surface area contributed by atoms with Crippen molar-refractivity contribution in [2.24, 2.45) is 5.92 Å². The summed E-state index contributed by atoms with van der Waals surface area (Å²) >= 11 is 0. The summed E-state index contributed by atoms with van der Waals surface area (Å²) in [5.41, 5.74) is 9.00. The molecule has 0 atom stereocenters. The van der Waals surface area contributed by atoms with Crippen molar-refractivity contribution in [1.29, 1.82) is 0 Å². The first-order chi connectivity index (χ1) is 13.7. The van der Waals surface area contributed by atoms with Gasteiger partial charge in [-0.05, 0) is 69.9 Å². The van der Waals surface area contributed by atoms with Crippen LogP contribution in [0.25, 0.3) is 0 Å². The van der Waals surface area contributed by atoms with E-state index in [0.29, 0.717) is 36.8 Å². The molecule has 29 heavy (non-hydrogen) atoms. The fourth-order valence-electron chi connectivity index (χ4n) is 3.38. The number of sulfonamides is 1. The van der Waals surface area contributed by atoms with Crippen LogP contribution in [0.4, 0.5) is 5.95 Å². The van der Waals surface area contributed by atoms with Gasteiger partial charge < -0.3 is 0 Å². The highest BCUT2D eigenvalue weighted by molar-refractivity contribution is 7.89. The number of amides is 1. The molecule has 0 radical (unpaired) electrons. The number of carbonyl (C=O) groups excluding carboxylic acids is 1. The van der Waals surface area contributed by atoms with E-state index in [1.54, 1.807) is 12.1 Å². The van der Waals surface area contributed by atoms with E-state index in [4.69, 9.17) is 0 Å². The van der Waals surface area contributed by atoms with Crippen molar-refractivity contribution in [1.82, 2.24) is 19.7 Å². The highest BCUT2D eigenvalue weighted by Crippen LogP contribution is 2.25. The van der Waals surface area contributed by atoms with Crippen LogP contribution >= 0.6 is 0 Å². The van der Waals surface area contributed by atoms with E-state index >= 15 is 0 Å². The van der Waals surface area contributed by atoms with Crippen LogP contribution in [0.3, 0.4) is 0 Å². The lowest BCUT2D eigenvalue weighted by molar-refractivity contribution is -0.125. The summed E-state index contributed by atoms with van der Waals surface area (Å²) in [5, 5.41) is 0. The zero-order chi connectivity index (χ0) is 21.2. The van der Waals surface area contributed by atoms with Gasteiger partial charge in [-0.3, -0.25) is 15.6 Å². The number of nitrogens with one attached hydrogen (secondary N) is 2. The number of rotatable bonds is 5. The molecule has 0 unspecified atom stereocenters. The van der Waals surface area contributed by atoms with E-state index in [9.17, 15) is 13.2 Å². The first kappa shape index (κ1) is 21.2. The molecule has 1 aromatic carbocycles. The first-order valence-corrected chi connectivity index (χ1v) is 11.1. The Labute approximate surface area is 171 Å². The number of aromatic nitrogens is 2. The second kappa shape index (κ2) is 8.46. The number of aryl methyl sites for hydroxylation is 4. The minimum atomic E-state index is -3.55. The van der Waals surface area contributed by atoms with Crippen molar-refractivity contribution in [2.45, 2.75) is 45.4 Å². The summed E-state index contributed by atoms with van der Waals surface area (Å²) in [4.78, 5) is 21.2. The fraction of sp³-hybridized carbons (Fsp3) is 0.450. The third-order valence-corrected chi connectivity index (χ3v) is 7.12. The molecule has 0 spiro atoms. The number of anilines is 1. The smallest absolute Gasteiger partial charge is 0.243 e. The van der Waals surface area contributed by atoms with Crippen LogP contribution in [0.1, 0.15) is 35.4 Å². The summed E-state index contributed by atoms with van der Waals surface area (Å²) in [5.74, 6) is -0.110. The van der Waals surface area contributed by atoms with Crippen molar-refractivity contribution in [3.63, 3.8) is 0 Å². The molecule has 1 aliphatic heterocycles. The number of nitrogens with zero attached hydrogens (tertiary/aromatic N) is 3. The monoisotopic (exact) mass is 417 g/mol. The van der Waals surface area contributed by atoms with Gasteiger partial charge in [0.25, 0.3) is 0 Å². The third kappa shape index (κ3) is 4.91. The Bertz CT molecular complexity index is 995. The van der Waals surface area contributed by atoms with Gasteiger partial charge in [0.05, 0.1) is 4.90 Å². The van der Waals surface area contributed by atoms with Crippen molar-refractivity contribution in [3.8, 4) is 0 Å². The molecular formula is C20H27N5O3S. The number of hydrogen-bond acceptors (Lipinski definition) is 6. The molecule has 2 heterocycles. The molecule has 1 fully saturated rings. The molecule has 2 N–H and O–H groups in total. The topological polar surface area (TPSA) is 104 Å². The third-order valence-electron chi connectivity index (χ3n) is 5.22. The van der Waals surface area contributed by atoms with Crippen molar-refractivity contribution < 1.29 is 13.2 Å². The SMILES string of the molecule is Cc1cc(C)nc(NNC(=O)C2CCN(S(=O)(=O)c3ccc(C)c(C)c3)CC2)n1. The lowest BCUT2D eigenvalue weighted by atomic mass is 9.98. The molecule has 0 bridgehead atoms. The number of hydrazine groups is 1. The quantitative estimate of drug-likeness (QED) is 0.723. The standard InChI is InChI=1S/C20H27N5O3S/c1-13-5-6-18(11-14(13)2)29(27,28)25-9-7-17(8-10-25)19(26)23-24-20-21-15(3)12-16(4)22-20/h5-6,11-12,17H,7-10H2,1-4H3,(H,23,26)(H,21,22,24). The lowest BCUT2D eigenvalue weighted by Crippen LogP contribution is -2.44. The van der Waals surface area contributed by atoms with Crippen molar-refractivity contribution in [3.05, 3.63) is 46.8 Å². The van der Waals surface area contributed by atoms with Crippen LogP contribution in [0.5, 0.6) is 0 Å². The number of benzene rings is 1. The molecule has 9 heteroatoms. The van der Waals surface area contributed by atoms with Gasteiger partial charge in [0.15, 0.2) is 0 Å². The summed E-state index contributed by atoms with van der Waals surface area (Å²) in [7, 11) is -3.55. The van der Waals surface area contributed by atoms with Gasteiger partial charge in [-0.25, -0.2) is 18.4 Å². The Morgan fingerprint density at radius 2 is 1.62 bits per heavy atom. The molecule has 0 aliphatic carbocycles. The van der Waals surface area contributed by atoms with Gasteiger partial charge in [-0.1, -0.05) is 6.07 Å². The van der Waals surface area contributed by atoms with Gasteiger partial charge in [0.2, 0.25) is 21.9 Å². The van der Waals surface area contributed by atoms with Crippen LogP contribution in [0.2, 0.25) is 0 Å². The van der Waals surface area contributed by atoms with Gasteiger partial charge in [0.1, 0.15) is 0 Å². The zero-order valence-corrected chi connectivity index (χ0v) is 18.0. The molecule has 1 aliphatic rings. The van der Waals surface area contributed by atoms with E-state index in [1.807, 2.05) is 39.8 Å². The number of piperidine rings is 1. The van der Waals surface area contributed by atoms with Gasteiger partial charge in [-0.15, -0.1) is 0 Å². The van der Waals surface area contributed by atoms with E-state index in [1.165, 1.54) is 4.31 Å². The summed E-state index contributed by atoms with van der Waals surface area (Å²) in [6.07, 6.45) is 0.927. The Morgan fingerprint density at radius 3 is 2.21 bits per heavy atom. The van der Waals surface area contributed by atoms with Gasteiger partial charge in [0, 0.05) is 30.4 Å². The Morgan fingerprint density at radius 1 is 1.00 bits per heavy atom. The molecule has 1 saturated heterocycles. The number of carbonyl (C=O) groups is 1. The van der Waals surface area contributed by atoms with E-state index in [-0.39, 0.29) is 11.8 Å². The molecular weight excluding hydrogens is 390 g/mol. The summed E-state index contributed by atoms with van der Waals surface area (Å²) < 4.78 is 27.3. The van der Waals surface area contributed by atoms with Gasteiger partial charge >= 0.3 is 0 Å². The summed E-state index contributed by atoms with van der Waals surface area (Å²) in [6, 6.07) is 7.02. The normalized spacial score (nSPS) is 15.9. The minimum Gasteiger partial charge on any atom is -0.273 e. The minimum absolute atomic E-state index is 0.184. The fourth-order valence-corrected chi connectivity index (χ4v) is 4.94. The largest absolute Gasteiger partial charge is 0.273 e. The predicted molar refractivity (Wildman–Crippen MR) is 111 cm³/mol. The molecule has 156 valence electrons. The highest BCUT2D eigenvalue weighted by atomic mass is 32.2. The maximum absolute atomic E-state index is 12.9. The second-order valence-electron chi connectivity index (χ2n) is 7.51. The van der Waals surface area contributed by atoms with E-state index < -0.39 is 10.0 Å². The Balaban J connectivity index is 1.58. The Kier molecular flexibility index (Phi) is 6.18. The van der Waals surface area contributed by atoms with Crippen LogP contribution in [-0.2, 0) is 14.8 Å². The predicted octanol–water partition coefficient (Wildman–Crippen LogP) is 2.25. The molecule has 1 amide bonds. The average molecular weight is 418 g/mol. The van der Waals surface area contributed by atoms with Crippen LogP contribution in [0.15, 0.2) is 29.2 Å². The molecule has 3 rings (SSSR count). The first-order valence-electron chi connectivity index (χ1n) is 9.62. The highest BCUT2D eigenvalue weighted by Gasteiger charge is 2.32. The van der Waals surface area contributed by atoms with E-state index in [0.717, 1.165) is 22.5 Å². The Hall–Kier alpha value is -2.52. The van der Waals surface area contributed by atoms with Crippen LogP contribution < -0.4 is 10.9 Å².